The van der Waals surface area contributed by atoms with E-state index in [0.717, 1.165) is 12.8 Å². The van der Waals surface area contributed by atoms with Crippen LogP contribution in [-0.2, 0) is 0 Å². The van der Waals surface area contributed by atoms with Crippen LogP contribution in [0.25, 0.3) is 0 Å². The van der Waals surface area contributed by atoms with Crippen molar-refractivity contribution in [1.82, 2.24) is 9.88 Å². The van der Waals surface area contributed by atoms with Crippen LogP contribution in [0.4, 0.5) is 0 Å². The summed E-state index contributed by atoms with van der Waals surface area (Å²) in [4.78, 5) is 18.1. The van der Waals surface area contributed by atoms with Gasteiger partial charge < -0.3 is 15.7 Å². The quantitative estimate of drug-likeness (QED) is 0.695. The van der Waals surface area contributed by atoms with Crippen molar-refractivity contribution in [1.29, 1.82) is 0 Å². The molecule has 0 radical (unpaired) electrons. The molecule has 1 amide bonds. The first kappa shape index (κ1) is 13.5. The van der Waals surface area contributed by atoms with Crippen LogP contribution in [0, 0.1) is 11.8 Å². The summed E-state index contributed by atoms with van der Waals surface area (Å²) in [5.74, 6) is 5.41. The smallest absolute Gasteiger partial charge is 0.273 e. The molecule has 1 aliphatic heterocycles. The first-order valence-electron chi connectivity index (χ1n) is 6.33. The molecule has 0 aliphatic carbocycles. The largest absolute Gasteiger partial charge is 0.391 e. The zero-order chi connectivity index (χ0) is 13.7. The fourth-order valence-electron chi connectivity index (χ4n) is 2.11. The summed E-state index contributed by atoms with van der Waals surface area (Å²) in [5.41, 5.74) is 6.25. The summed E-state index contributed by atoms with van der Waals surface area (Å²) in [6, 6.07) is 3.49. The van der Waals surface area contributed by atoms with Gasteiger partial charge in [-0.25, -0.2) is 4.98 Å². The van der Waals surface area contributed by atoms with E-state index in [1.807, 2.05) is 0 Å². The van der Waals surface area contributed by atoms with Crippen molar-refractivity contribution >= 4 is 5.91 Å². The molecule has 1 fully saturated rings. The zero-order valence-corrected chi connectivity index (χ0v) is 10.7. The lowest BCUT2D eigenvalue weighted by Gasteiger charge is -2.30. The molecule has 1 aromatic heterocycles. The molecular formula is C14H17N3O2. The number of aromatic nitrogens is 1. The molecule has 0 bridgehead atoms. The Hall–Kier alpha value is -1.90. The van der Waals surface area contributed by atoms with Gasteiger partial charge in [0, 0.05) is 19.3 Å². The summed E-state index contributed by atoms with van der Waals surface area (Å²) in [6.07, 6.45) is 2.68. The van der Waals surface area contributed by atoms with Crippen molar-refractivity contribution in [3.8, 4) is 11.8 Å². The molecule has 5 nitrogen and oxygen atoms in total. The van der Waals surface area contributed by atoms with E-state index in [-0.39, 0.29) is 12.5 Å². The number of hydrogen-bond acceptors (Lipinski definition) is 4. The van der Waals surface area contributed by atoms with Crippen LogP contribution in [0.5, 0.6) is 0 Å². The number of carbonyl (C=O) groups excluding carboxylic acids is 1. The van der Waals surface area contributed by atoms with Gasteiger partial charge in [0.05, 0.1) is 18.2 Å². The summed E-state index contributed by atoms with van der Waals surface area (Å²) in [5, 5.41) is 9.63. The van der Waals surface area contributed by atoms with Crippen LogP contribution in [0.2, 0.25) is 0 Å². The first-order chi connectivity index (χ1) is 9.22. The molecular weight excluding hydrogens is 242 g/mol. The van der Waals surface area contributed by atoms with Crippen molar-refractivity contribution in [2.75, 3.05) is 19.6 Å². The molecule has 0 aromatic carbocycles. The summed E-state index contributed by atoms with van der Waals surface area (Å²) < 4.78 is 0. The van der Waals surface area contributed by atoms with Gasteiger partial charge in [-0.05, 0) is 25.0 Å². The monoisotopic (exact) mass is 259 g/mol. The predicted molar refractivity (Wildman–Crippen MR) is 71.3 cm³/mol. The lowest BCUT2D eigenvalue weighted by Crippen LogP contribution is -2.42. The molecule has 1 atom stereocenters. The Morgan fingerprint density at radius 2 is 2.47 bits per heavy atom. The number of nitrogens with two attached hydrogens (primary N) is 1. The highest BCUT2D eigenvalue weighted by molar-refractivity contribution is 5.94. The standard InChI is InChI=1S/C14H17N3O2/c15-7-1-4-11-5-2-8-16-13(11)14(19)17-9-3-6-12(18)10-17/h2,5,8,12,18H,3,6-7,9-10,15H2. The zero-order valence-electron chi connectivity index (χ0n) is 10.7. The molecule has 1 aromatic rings. The molecule has 1 saturated heterocycles. The molecule has 1 unspecified atom stereocenters. The number of hydrogen-bond donors (Lipinski definition) is 2. The number of aliphatic hydroxyl groups excluding tert-OH is 1. The lowest BCUT2D eigenvalue weighted by molar-refractivity contribution is 0.0468. The molecule has 0 spiro atoms. The Balaban J connectivity index is 2.23. The minimum Gasteiger partial charge on any atom is -0.391 e. The van der Waals surface area contributed by atoms with Crippen LogP contribution in [0.3, 0.4) is 0 Å². The fraction of sp³-hybridized carbons (Fsp3) is 0.429. The van der Waals surface area contributed by atoms with E-state index in [9.17, 15) is 9.90 Å². The lowest BCUT2D eigenvalue weighted by atomic mass is 10.1. The maximum absolute atomic E-state index is 12.4. The maximum atomic E-state index is 12.4. The number of carbonyl (C=O) groups is 1. The molecule has 2 heterocycles. The van der Waals surface area contributed by atoms with Gasteiger partial charge in [0.1, 0.15) is 5.69 Å². The van der Waals surface area contributed by atoms with Gasteiger partial charge in [0.25, 0.3) is 5.91 Å². The predicted octanol–water partition coefficient (Wildman–Crippen LogP) is -0.0113. The highest BCUT2D eigenvalue weighted by Gasteiger charge is 2.25. The number of nitrogens with zero attached hydrogens (tertiary/aromatic N) is 2. The second-order valence-electron chi connectivity index (χ2n) is 4.45. The van der Waals surface area contributed by atoms with Crippen LogP contribution < -0.4 is 5.73 Å². The van der Waals surface area contributed by atoms with E-state index in [4.69, 9.17) is 5.73 Å². The van der Waals surface area contributed by atoms with Crippen molar-refractivity contribution in [2.24, 2.45) is 5.73 Å². The van der Waals surface area contributed by atoms with Crippen LogP contribution in [-0.4, -0.2) is 46.6 Å². The van der Waals surface area contributed by atoms with E-state index >= 15 is 0 Å². The minimum absolute atomic E-state index is 0.180. The van der Waals surface area contributed by atoms with Gasteiger partial charge in [-0.1, -0.05) is 11.8 Å². The Bertz CT molecular complexity index is 519. The normalized spacial score (nSPS) is 18.6. The molecule has 19 heavy (non-hydrogen) atoms. The van der Waals surface area contributed by atoms with Gasteiger partial charge in [0.2, 0.25) is 0 Å². The number of rotatable bonds is 1. The van der Waals surface area contributed by atoms with E-state index in [2.05, 4.69) is 16.8 Å². The molecule has 5 heteroatoms. The van der Waals surface area contributed by atoms with Gasteiger partial charge in [-0.3, -0.25) is 4.79 Å². The van der Waals surface area contributed by atoms with E-state index < -0.39 is 6.10 Å². The number of piperidine rings is 1. The number of β-amino-alcohol motifs (C(OH)–C–C–N with tert-alkyl or cyclic N) is 1. The van der Waals surface area contributed by atoms with Crippen molar-refractivity contribution in [3.63, 3.8) is 0 Å². The Morgan fingerprint density at radius 3 is 3.21 bits per heavy atom. The third-order valence-corrected chi connectivity index (χ3v) is 3.02. The Kier molecular flexibility index (Phi) is 4.50. The highest BCUT2D eigenvalue weighted by Crippen LogP contribution is 2.14. The topological polar surface area (TPSA) is 79.5 Å². The summed E-state index contributed by atoms with van der Waals surface area (Å²) in [6.45, 7) is 1.25. The van der Waals surface area contributed by atoms with E-state index in [1.54, 1.807) is 23.2 Å². The Labute approximate surface area is 112 Å². The molecule has 0 saturated carbocycles. The molecule has 2 rings (SSSR count). The average Bonchev–Trinajstić information content (AvgIpc) is 2.44. The second-order valence-corrected chi connectivity index (χ2v) is 4.45. The van der Waals surface area contributed by atoms with E-state index in [1.165, 1.54) is 0 Å². The summed E-state index contributed by atoms with van der Waals surface area (Å²) in [7, 11) is 0. The van der Waals surface area contributed by atoms with Gasteiger partial charge in [-0.15, -0.1) is 0 Å². The van der Waals surface area contributed by atoms with Crippen molar-refractivity contribution in [3.05, 3.63) is 29.6 Å². The van der Waals surface area contributed by atoms with Crippen LogP contribution >= 0.6 is 0 Å². The summed E-state index contributed by atoms with van der Waals surface area (Å²) >= 11 is 0. The third-order valence-electron chi connectivity index (χ3n) is 3.02. The molecule has 100 valence electrons. The van der Waals surface area contributed by atoms with Gasteiger partial charge in [-0.2, -0.15) is 0 Å². The third kappa shape index (κ3) is 3.31. The minimum atomic E-state index is -0.444. The number of pyridine rings is 1. The second kappa shape index (κ2) is 6.32. The highest BCUT2D eigenvalue weighted by atomic mass is 16.3. The molecule has 1 aliphatic rings. The number of amides is 1. The molecule has 3 N–H and O–H groups in total. The van der Waals surface area contributed by atoms with Crippen LogP contribution in [0.15, 0.2) is 18.3 Å². The van der Waals surface area contributed by atoms with Crippen LogP contribution in [0.1, 0.15) is 28.9 Å². The first-order valence-corrected chi connectivity index (χ1v) is 6.33. The van der Waals surface area contributed by atoms with Crippen molar-refractivity contribution in [2.45, 2.75) is 18.9 Å². The van der Waals surface area contributed by atoms with Crippen molar-refractivity contribution < 1.29 is 9.90 Å². The SMILES string of the molecule is NCC#Cc1cccnc1C(=O)N1CCCC(O)C1. The number of aliphatic hydroxyl groups is 1. The maximum Gasteiger partial charge on any atom is 0.273 e. The van der Waals surface area contributed by atoms with Gasteiger partial charge in [0.15, 0.2) is 0 Å². The fourth-order valence-corrected chi connectivity index (χ4v) is 2.11. The van der Waals surface area contributed by atoms with E-state index in [0.29, 0.717) is 24.3 Å². The average molecular weight is 259 g/mol. The Morgan fingerprint density at radius 1 is 1.63 bits per heavy atom. The number of likely N-dealkylation sites (tertiary alicyclic amines) is 1. The van der Waals surface area contributed by atoms with Gasteiger partial charge >= 0.3 is 0 Å².